The van der Waals surface area contributed by atoms with Crippen LogP contribution < -0.4 is 31.6 Å². The van der Waals surface area contributed by atoms with Gasteiger partial charge in [-0.1, -0.05) is 68.3 Å². The van der Waals surface area contributed by atoms with E-state index in [0.29, 0.717) is 12.1 Å². The van der Waals surface area contributed by atoms with Crippen LogP contribution in [-0.4, -0.2) is 41.8 Å². The van der Waals surface area contributed by atoms with Gasteiger partial charge in [0.15, 0.2) is 5.96 Å². The summed E-state index contributed by atoms with van der Waals surface area (Å²) >= 11 is 0. The van der Waals surface area contributed by atoms with Crippen molar-refractivity contribution in [2.24, 2.45) is 22.2 Å². The number of unbranched alkanes of at least 4 members (excludes halogenated alkanes) is 2. The number of ether oxygens (including phenoxy) is 1. The minimum Gasteiger partial charge on any atom is -0.475 e. The zero-order chi connectivity index (χ0) is 35.8. The molecule has 48 heavy (non-hydrogen) atoms. The maximum absolute atomic E-state index is 15.1. The van der Waals surface area contributed by atoms with Crippen LogP contribution in [0, 0.1) is 0 Å². The second-order valence-corrected chi connectivity index (χ2v) is 12.0. The lowest BCUT2D eigenvalue weighted by Gasteiger charge is -2.38. The molecule has 1 atom stereocenters. The van der Waals surface area contributed by atoms with E-state index in [1.54, 1.807) is 72.8 Å². The Morgan fingerprint density at radius 3 is 1.77 bits per heavy atom. The summed E-state index contributed by atoms with van der Waals surface area (Å²) < 4.78 is 64.7. The molecule has 0 fully saturated rings. The molecule has 17 heteroatoms. The van der Waals surface area contributed by atoms with Gasteiger partial charge in [-0.3, -0.25) is 4.79 Å². The third-order valence-corrected chi connectivity index (χ3v) is 8.62. The first-order chi connectivity index (χ1) is 22.6. The first-order valence-electron chi connectivity index (χ1n) is 14.5. The van der Waals surface area contributed by atoms with E-state index in [1.807, 2.05) is 6.92 Å². The lowest BCUT2D eigenvalue weighted by molar-refractivity contribution is -0.192. The van der Waals surface area contributed by atoms with Crippen molar-refractivity contribution in [2.75, 3.05) is 6.54 Å². The molecule has 0 saturated carbocycles. The summed E-state index contributed by atoms with van der Waals surface area (Å²) in [5, 5.41) is 7.84. The van der Waals surface area contributed by atoms with Gasteiger partial charge in [0.05, 0.1) is 5.69 Å². The Hall–Kier alpha value is -5.24. The van der Waals surface area contributed by atoms with Crippen molar-refractivity contribution in [1.82, 2.24) is 5.32 Å². The second-order valence-electron chi connectivity index (χ2n) is 9.96. The molecule has 0 aliphatic rings. The van der Waals surface area contributed by atoms with Crippen molar-refractivity contribution in [3.8, 4) is 11.5 Å². The highest BCUT2D eigenvalue weighted by atomic mass is 31.2. The Morgan fingerprint density at radius 2 is 1.35 bits per heavy atom. The molecule has 0 heterocycles. The van der Waals surface area contributed by atoms with Gasteiger partial charge >= 0.3 is 25.8 Å². The van der Waals surface area contributed by atoms with Crippen molar-refractivity contribution in [3.63, 3.8) is 0 Å². The number of nitrogens with two attached hydrogens (primary N) is 3. The molecule has 3 rings (SSSR count). The Bertz CT molecular complexity index is 1510. The van der Waals surface area contributed by atoms with Crippen LogP contribution >= 0.6 is 7.60 Å². The molecule has 8 N–H and O–H groups in total. The van der Waals surface area contributed by atoms with Gasteiger partial charge < -0.3 is 41.4 Å². The summed E-state index contributed by atoms with van der Waals surface area (Å²) in [4.78, 5) is 37.9. The lowest BCUT2D eigenvalue weighted by atomic mass is 10.0. The summed E-state index contributed by atoms with van der Waals surface area (Å²) in [5.41, 5.74) is 17.2. The predicted octanol–water partition coefficient (Wildman–Crippen LogP) is 5.91. The molecule has 260 valence electrons. The number of hydrogen-bond acceptors (Lipinski definition) is 8. The zero-order valence-electron chi connectivity index (χ0n) is 25.9. The number of primary amides is 1. The topological polar surface area (TPSA) is 219 Å². The number of amides is 2. The van der Waals surface area contributed by atoms with E-state index in [0.717, 1.165) is 19.3 Å². The number of para-hydroxylation sites is 2. The number of carbonyl (C=O) groups excluding carboxylic acids is 2. The Balaban J connectivity index is 0.00000103. The van der Waals surface area contributed by atoms with Crippen LogP contribution in [0.3, 0.4) is 0 Å². The maximum atomic E-state index is 15.1. The molecule has 0 saturated heterocycles. The first kappa shape index (κ1) is 38.9. The molecule has 2 amide bonds. The highest BCUT2D eigenvalue weighted by Gasteiger charge is 2.59. The number of aliphatic imine (C=N–C) groups is 1. The van der Waals surface area contributed by atoms with Crippen molar-refractivity contribution in [3.05, 3.63) is 90.5 Å². The zero-order valence-corrected chi connectivity index (χ0v) is 26.8. The SMILES string of the molecule is CCCCCC(=O)NCCC(OC(N)=O)(c1ccc(N=C(N)N)cc1)P(=O)(Oc1ccccc1)Oc1ccccc1.O=C(O)C(F)(F)F. The van der Waals surface area contributed by atoms with E-state index < -0.39 is 31.2 Å². The predicted molar refractivity (Wildman–Crippen MR) is 171 cm³/mol. The van der Waals surface area contributed by atoms with Crippen LogP contribution in [0.4, 0.5) is 23.7 Å². The number of benzene rings is 3. The van der Waals surface area contributed by atoms with E-state index in [9.17, 15) is 22.8 Å². The van der Waals surface area contributed by atoms with Gasteiger partial charge in [0.2, 0.25) is 5.91 Å². The van der Waals surface area contributed by atoms with Crippen LogP contribution in [0.2, 0.25) is 0 Å². The smallest absolute Gasteiger partial charge is 0.475 e. The number of guanidine groups is 1. The average molecular weight is 696 g/mol. The number of carbonyl (C=O) groups is 3. The summed E-state index contributed by atoms with van der Waals surface area (Å²) in [5.74, 6) is -2.71. The van der Waals surface area contributed by atoms with Gasteiger partial charge in [-0.05, 0) is 42.8 Å². The lowest BCUT2D eigenvalue weighted by Crippen LogP contribution is -2.41. The van der Waals surface area contributed by atoms with Gasteiger partial charge in [0.1, 0.15) is 11.5 Å². The highest BCUT2D eigenvalue weighted by Crippen LogP contribution is 2.66. The fraction of sp³-hybridized carbons (Fsp3) is 0.290. The van der Waals surface area contributed by atoms with Crippen molar-refractivity contribution < 1.29 is 51.0 Å². The molecule has 0 radical (unpaired) electrons. The number of hydrogen-bond donors (Lipinski definition) is 5. The number of alkyl halides is 3. The van der Waals surface area contributed by atoms with E-state index >= 15 is 4.57 Å². The quantitative estimate of drug-likeness (QED) is 0.0548. The largest absolute Gasteiger partial charge is 0.490 e. The Morgan fingerprint density at radius 1 is 0.854 bits per heavy atom. The summed E-state index contributed by atoms with van der Waals surface area (Å²) in [7, 11) is -4.57. The molecule has 3 aromatic carbocycles. The molecule has 0 bridgehead atoms. The molecule has 0 aromatic heterocycles. The minimum absolute atomic E-state index is 0.0336. The number of nitrogens with zero attached hydrogens (tertiary/aromatic N) is 1. The summed E-state index contributed by atoms with van der Waals surface area (Å²) in [6.45, 7) is 2.01. The molecule has 1 unspecified atom stereocenters. The molecule has 3 aromatic rings. The molecular formula is C31H37F3N5O8P. The molecule has 13 nitrogen and oxygen atoms in total. The van der Waals surface area contributed by atoms with Gasteiger partial charge in [0, 0.05) is 24.9 Å². The van der Waals surface area contributed by atoms with E-state index in [2.05, 4.69) is 10.3 Å². The van der Waals surface area contributed by atoms with Crippen molar-refractivity contribution in [1.29, 1.82) is 0 Å². The number of carboxylic acids is 1. The van der Waals surface area contributed by atoms with Gasteiger partial charge in [-0.2, -0.15) is 13.2 Å². The normalized spacial score (nSPS) is 12.2. The average Bonchev–Trinajstić information content (AvgIpc) is 3.01. The van der Waals surface area contributed by atoms with E-state index in [4.69, 9.17) is 40.9 Å². The van der Waals surface area contributed by atoms with Gasteiger partial charge in [-0.25, -0.2) is 19.1 Å². The third-order valence-electron chi connectivity index (χ3n) is 6.26. The van der Waals surface area contributed by atoms with Crippen LogP contribution in [0.15, 0.2) is 89.9 Å². The maximum Gasteiger partial charge on any atom is 0.490 e. The van der Waals surface area contributed by atoms with Crippen LogP contribution in [0.5, 0.6) is 11.5 Å². The van der Waals surface area contributed by atoms with Crippen molar-refractivity contribution >= 4 is 37.2 Å². The van der Waals surface area contributed by atoms with Crippen LogP contribution in [0.25, 0.3) is 0 Å². The monoisotopic (exact) mass is 695 g/mol. The first-order valence-corrected chi connectivity index (χ1v) is 16.0. The second kappa shape index (κ2) is 18.2. The number of nitrogens with one attached hydrogen (secondary N) is 1. The van der Waals surface area contributed by atoms with Crippen molar-refractivity contribution in [2.45, 2.75) is 50.5 Å². The van der Waals surface area contributed by atoms with E-state index in [1.165, 1.54) is 12.1 Å². The number of aliphatic carboxylic acids is 1. The Labute approximate surface area is 274 Å². The van der Waals surface area contributed by atoms with Crippen LogP contribution in [0.1, 0.15) is 44.6 Å². The van der Waals surface area contributed by atoms with E-state index in [-0.39, 0.29) is 41.9 Å². The Kier molecular flexibility index (Phi) is 14.8. The number of halogens is 3. The number of rotatable bonds is 15. The molecular weight excluding hydrogens is 658 g/mol. The minimum atomic E-state index is -5.08. The summed E-state index contributed by atoms with van der Waals surface area (Å²) in [6.07, 6.45) is -3.58. The fourth-order valence-corrected chi connectivity index (χ4v) is 6.30. The standard InChI is InChI=1S/C29H36N5O6P.C2HF3O2/c1-2-3-6-15-26(35)33-21-20-29(38-28(32)36,22-16-18-23(19-17-22)34-27(30)31)41(37,39-24-11-7-4-8-12-24)40-25-13-9-5-10-14-25;3-2(4,5)1(6)7/h4-5,7-14,16-19H,2-3,6,15,20-21H2,1H3,(H2,32,36)(H,33,35)(H4,30,31,34);(H,6,7). The van der Waals surface area contributed by atoms with Gasteiger partial charge in [0.25, 0.3) is 5.34 Å². The fourth-order valence-electron chi connectivity index (χ4n) is 4.12. The molecule has 0 aliphatic heterocycles. The summed E-state index contributed by atoms with van der Waals surface area (Å²) in [6, 6.07) is 22.8. The van der Waals surface area contributed by atoms with Gasteiger partial charge in [-0.15, -0.1) is 0 Å². The number of carboxylic acid groups (broad SMARTS) is 1. The molecule has 0 spiro atoms. The molecule has 0 aliphatic carbocycles. The van der Waals surface area contributed by atoms with Crippen LogP contribution in [-0.2, 0) is 24.2 Å². The highest BCUT2D eigenvalue weighted by molar-refractivity contribution is 7.55. The third kappa shape index (κ3) is 12.2.